The Kier molecular flexibility index (Phi) is 1.57. The van der Waals surface area contributed by atoms with Crippen molar-refractivity contribution in [3.63, 3.8) is 0 Å². The summed E-state index contributed by atoms with van der Waals surface area (Å²) in [6.07, 6.45) is 5.65. The van der Waals surface area contributed by atoms with Gasteiger partial charge in [0.2, 0.25) is 11.6 Å². The topological polar surface area (TPSA) is 37.4 Å². The Morgan fingerprint density at radius 1 is 1.08 bits per heavy atom. The monoisotopic (exact) mass is 163 g/mol. The van der Waals surface area contributed by atoms with Crippen molar-refractivity contribution in [1.29, 1.82) is 0 Å². The number of rotatable bonds is 1. The van der Waals surface area contributed by atoms with Crippen molar-refractivity contribution >= 4 is 11.6 Å². The molecule has 2 aliphatic rings. The first-order valence-electron chi connectivity index (χ1n) is 4.00. The van der Waals surface area contributed by atoms with E-state index in [1.165, 1.54) is 18.6 Å². The van der Waals surface area contributed by atoms with Crippen LogP contribution >= 0.6 is 0 Å². The predicted molar refractivity (Wildman–Crippen MR) is 43.4 cm³/mol. The number of carbonyl (C=O) groups is 2. The smallest absolute Gasteiger partial charge is 0.227 e. The zero-order chi connectivity index (χ0) is 8.55. The predicted octanol–water partition coefficient (Wildman–Crippen LogP) is 0.284. The van der Waals surface area contributed by atoms with E-state index in [0.29, 0.717) is 0 Å². The molecule has 1 aliphatic carbocycles. The van der Waals surface area contributed by atoms with Gasteiger partial charge in [-0.15, -0.1) is 0 Å². The molecule has 3 nitrogen and oxygen atoms in total. The van der Waals surface area contributed by atoms with Gasteiger partial charge in [0.05, 0.1) is 0 Å². The van der Waals surface area contributed by atoms with Crippen LogP contribution in [0.2, 0.25) is 0 Å². The van der Waals surface area contributed by atoms with Gasteiger partial charge in [-0.05, 0) is 18.6 Å². The van der Waals surface area contributed by atoms with Crippen molar-refractivity contribution < 1.29 is 9.59 Å². The molecule has 0 unspecified atom stereocenters. The first-order valence-corrected chi connectivity index (χ1v) is 4.00. The zero-order valence-corrected chi connectivity index (χ0v) is 6.62. The van der Waals surface area contributed by atoms with Gasteiger partial charge in [0.15, 0.2) is 0 Å². The number of hydrogen-bond acceptors (Lipinski definition) is 3. The van der Waals surface area contributed by atoms with Gasteiger partial charge in [-0.2, -0.15) is 0 Å². The number of ketones is 2. The molecule has 3 heteroatoms. The fourth-order valence-electron chi connectivity index (χ4n) is 1.27. The van der Waals surface area contributed by atoms with Crippen LogP contribution in [0.1, 0.15) is 6.42 Å². The molecule has 0 amide bonds. The van der Waals surface area contributed by atoms with E-state index < -0.39 is 11.6 Å². The van der Waals surface area contributed by atoms with E-state index >= 15 is 0 Å². The molecule has 0 aromatic carbocycles. The first kappa shape index (κ1) is 7.28. The standard InChI is InChI=1S/C9H9NO2/c11-8-3-2-7(6-9(8)12)10-4-1-5-10/h2-3,6H,1,4-5H2. The van der Waals surface area contributed by atoms with E-state index in [1.54, 1.807) is 6.08 Å². The van der Waals surface area contributed by atoms with Crippen LogP contribution in [0.15, 0.2) is 23.9 Å². The Labute approximate surface area is 70.4 Å². The molecule has 1 aliphatic heterocycles. The molecule has 1 saturated heterocycles. The van der Waals surface area contributed by atoms with Crippen LogP contribution in [0.25, 0.3) is 0 Å². The maximum absolute atomic E-state index is 10.9. The van der Waals surface area contributed by atoms with Crippen molar-refractivity contribution in [2.45, 2.75) is 6.42 Å². The molecule has 0 atom stereocenters. The molecule has 62 valence electrons. The SMILES string of the molecule is O=C1C=CC(N2CCC2)=CC1=O. The number of carbonyl (C=O) groups excluding carboxylic acids is 2. The molecular weight excluding hydrogens is 154 g/mol. The lowest BCUT2D eigenvalue weighted by molar-refractivity contribution is -0.131. The summed E-state index contributed by atoms with van der Waals surface area (Å²) in [5.74, 6) is -0.821. The lowest BCUT2D eigenvalue weighted by Gasteiger charge is -2.34. The van der Waals surface area contributed by atoms with Crippen molar-refractivity contribution in [2.75, 3.05) is 13.1 Å². The minimum Gasteiger partial charge on any atom is -0.371 e. The second-order valence-electron chi connectivity index (χ2n) is 2.97. The summed E-state index contributed by atoms with van der Waals surface area (Å²) in [5.41, 5.74) is 0.880. The van der Waals surface area contributed by atoms with E-state index in [9.17, 15) is 9.59 Å². The second kappa shape index (κ2) is 2.59. The number of allylic oxidation sites excluding steroid dienone is 3. The highest BCUT2D eigenvalue weighted by molar-refractivity contribution is 6.46. The molecule has 1 fully saturated rings. The van der Waals surface area contributed by atoms with E-state index in [0.717, 1.165) is 18.8 Å². The molecule has 0 aromatic heterocycles. The summed E-state index contributed by atoms with van der Waals surface area (Å²) in [5, 5.41) is 0. The fourth-order valence-corrected chi connectivity index (χ4v) is 1.27. The van der Waals surface area contributed by atoms with Crippen LogP contribution in [0, 0.1) is 0 Å². The Morgan fingerprint density at radius 3 is 2.33 bits per heavy atom. The number of hydrogen-bond donors (Lipinski definition) is 0. The van der Waals surface area contributed by atoms with Gasteiger partial charge < -0.3 is 4.90 Å². The average molecular weight is 163 g/mol. The van der Waals surface area contributed by atoms with Crippen LogP contribution in [0.4, 0.5) is 0 Å². The van der Waals surface area contributed by atoms with Crippen molar-refractivity contribution in [3.05, 3.63) is 23.9 Å². The molecule has 0 aromatic rings. The van der Waals surface area contributed by atoms with Gasteiger partial charge in [-0.25, -0.2) is 0 Å². The summed E-state index contributed by atoms with van der Waals surface area (Å²) >= 11 is 0. The second-order valence-corrected chi connectivity index (χ2v) is 2.97. The molecule has 0 saturated carbocycles. The van der Waals surface area contributed by atoms with Gasteiger partial charge in [-0.3, -0.25) is 9.59 Å². The molecule has 0 bridgehead atoms. The van der Waals surface area contributed by atoms with Crippen LogP contribution in [-0.2, 0) is 9.59 Å². The van der Waals surface area contributed by atoms with Crippen LogP contribution in [-0.4, -0.2) is 29.6 Å². The van der Waals surface area contributed by atoms with E-state index in [2.05, 4.69) is 4.90 Å². The highest BCUT2D eigenvalue weighted by Gasteiger charge is 2.20. The highest BCUT2D eigenvalue weighted by atomic mass is 16.2. The van der Waals surface area contributed by atoms with E-state index in [4.69, 9.17) is 0 Å². The lowest BCUT2D eigenvalue weighted by atomic mass is 10.1. The first-order chi connectivity index (χ1) is 5.77. The Hall–Kier alpha value is -1.38. The zero-order valence-electron chi connectivity index (χ0n) is 6.62. The van der Waals surface area contributed by atoms with Gasteiger partial charge in [0.1, 0.15) is 0 Å². The Bertz CT molecular complexity index is 298. The van der Waals surface area contributed by atoms with Crippen molar-refractivity contribution in [3.8, 4) is 0 Å². The minimum atomic E-state index is -0.417. The molecule has 2 rings (SSSR count). The average Bonchev–Trinajstić information content (AvgIpc) is 1.93. The van der Waals surface area contributed by atoms with Gasteiger partial charge in [0.25, 0.3) is 0 Å². The van der Waals surface area contributed by atoms with Gasteiger partial charge >= 0.3 is 0 Å². The maximum atomic E-state index is 10.9. The fraction of sp³-hybridized carbons (Fsp3) is 0.333. The highest BCUT2D eigenvalue weighted by Crippen LogP contribution is 2.17. The van der Waals surface area contributed by atoms with Crippen molar-refractivity contribution in [1.82, 2.24) is 4.90 Å². The molecule has 12 heavy (non-hydrogen) atoms. The molecule has 0 radical (unpaired) electrons. The lowest BCUT2D eigenvalue weighted by Crippen LogP contribution is -2.37. The summed E-state index contributed by atoms with van der Waals surface area (Å²) in [6, 6.07) is 0. The third kappa shape index (κ3) is 1.07. The Morgan fingerprint density at radius 2 is 1.83 bits per heavy atom. The van der Waals surface area contributed by atoms with Gasteiger partial charge in [0, 0.05) is 24.9 Å². The minimum absolute atomic E-state index is 0.403. The molecule has 0 N–H and O–H groups in total. The van der Waals surface area contributed by atoms with Crippen LogP contribution in [0.5, 0.6) is 0 Å². The summed E-state index contributed by atoms with van der Waals surface area (Å²) in [6.45, 7) is 2.00. The number of likely N-dealkylation sites (tertiary alicyclic amines) is 1. The van der Waals surface area contributed by atoms with Gasteiger partial charge in [-0.1, -0.05) is 0 Å². The third-order valence-electron chi connectivity index (χ3n) is 2.15. The summed E-state index contributed by atoms with van der Waals surface area (Å²) in [7, 11) is 0. The van der Waals surface area contributed by atoms with Crippen molar-refractivity contribution in [2.24, 2.45) is 0 Å². The maximum Gasteiger partial charge on any atom is 0.227 e. The summed E-state index contributed by atoms with van der Waals surface area (Å²) < 4.78 is 0. The summed E-state index contributed by atoms with van der Waals surface area (Å²) in [4.78, 5) is 23.8. The quantitative estimate of drug-likeness (QED) is 0.411. The number of nitrogens with zero attached hydrogens (tertiary/aromatic N) is 1. The normalized spacial score (nSPS) is 22.3. The molecular formula is C9H9NO2. The van der Waals surface area contributed by atoms with Crippen LogP contribution in [0.3, 0.4) is 0 Å². The van der Waals surface area contributed by atoms with E-state index in [-0.39, 0.29) is 0 Å². The third-order valence-corrected chi connectivity index (χ3v) is 2.15. The Balaban J connectivity index is 2.17. The van der Waals surface area contributed by atoms with Crippen LogP contribution < -0.4 is 0 Å². The largest absolute Gasteiger partial charge is 0.371 e. The molecule has 1 heterocycles. The van der Waals surface area contributed by atoms with E-state index in [1.807, 2.05) is 0 Å². The molecule has 0 spiro atoms.